The van der Waals surface area contributed by atoms with Crippen LogP contribution in [0.25, 0.3) is 66.6 Å². The highest BCUT2D eigenvalue weighted by Crippen LogP contribution is 2.42. The molecule has 7 aromatic rings. The lowest BCUT2D eigenvalue weighted by atomic mass is 9.92. The van der Waals surface area contributed by atoms with Crippen LogP contribution in [0.5, 0.6) is 0 Å². The Morgan fingerprint density at radius 1 is 0.537 bits per heavy atom. The summed E-state index contributed by atoms with van der Waals surface area (Å²) in [6.45, 7) is -10.8. The van der Waals surface area contributed by atoms with Crippen LogP contribution in [0.15, 0.2) is 120 Å². The summed E-state index contributed by atoms with van der Waals surface area (Å²) in [7, 11) is 0. The van der Waals surface area contributed by atoms with Crippen LogP contribution < -0.4 is 0 Å². The SMILES string of the molecule is [2H]C([2H])([2H])c1cc(-c2cccc(-c3ccccc3)c2)c2oc3c(-c4cc(-c5c(C([2H])([2H])[2H])cccc5C([2H])([2H])[2H])c(C([2H])([2H])[2H])cn4)cccc3c2c1. The summed E-state index contributed by atoms with van der Waals surface area (Å²) < 4.78 is 106. The number of benzene rings is 5. The van der Waals surface area contributed by atoms with Gasteiger partial charge in [0.15, 0.2) is 0 Å². The number of para-hydroxylation sites is 1. The fourth-order valence-electron chi connectivity index (χ4n) is 5.47. The standard InChI is InChI=1S/C39H31NO/c1-24-19-34(30-16-9-15-29(21-30)28-13-6-5-7-14-28)39-35(20-24)31-17-10-18-32(38(31)41-39)36-22-33(27(4)23-40-36)37-25(2)11-8-12-26(37)3/h5-23H,1-4H3/i1D3,2D3,3D3,4D3. The minimum Gasteiger partial charge on any atom is -0.455 e. The maximum absolute atomic E-state index is 8.29. The van der Waals surface area contributed by atoms with E-state index in [1.54, 1.807) is 30.3 Å². The molecule has 0 spiro atoms. The second-order valence-corrected chi connectivity index (χ2v) is 9.97. The van der Waals surface area contributed by atoms with Crippen LogP contribution >= 0.6 is 0 Å². The third-order valence-corrected chi connectivity index (χ3v) is 7.39. The van der Waals surface area contributed by atoms with E-state index in [2.05, 4.69) is 4.98 Å². The van der Waals surface area contributed by atoms with Gasteiger partial charge in [-0.1, -0.05) is 78.9 Å². The van der Waals surface area contributed by atoms with Gasteiger partial charge in [0.25, 0.3) is 0 Å². The molecular formula is C39H31NO. The predicted molar refractivity (Wildman–Crippen MR) is 172 cm³/mol. The zero-order valence-corrected chi connectivity index (χ0v) is 21.8. The molecule has 0 aliphatic carbocycles. The average Bonchev–Trinajstić information content (AvgIpc) is 3.48. The molecule has 0 amide bonds. The molecule has 7 rings (SSSR count). The van der Waals surface area contributed by atoms with E-state index in [0.29, 0.717) is 33.1 Å². The van der Waals surface area contributed by atoms with Gasteiger partial charge in [-0.05, 0) is 108 Å². The molecule has 0 N–H and O–H groups in total. The fraction of sp³-hybridized carbons (Fsp3) is 0.103. The van der Waals surface area contributed by atoms with Crippen LogP contribution in [0, 0.1) is 27.4 Å². The van der Waals surface area contributed by atoms with Crippen LogP contribution in [0.2, 0.25) is 0 Å². The Bertz CT molecular complexity index is 2470. The molecule has 2 aromatic heterocycles. The molecule has 0 aliphatic heterocycles. The van der Waals surface area contributed by atoms with Gasteiger partial charge in [-0.3, -0.25) is 4.98 Å². The number of hydrogen-bond acceptors (Lipinski definition) is 2. The molecule has 0 saturated carbocycles. The van der Waals surface area contributed by atoms with Gasteiger partial charge in [-0.25, -0.2) is 0 Å². The Kier molecular flexibility index (Phi) is 3.66. The van der Waals surface area contributed by atoms with Gasteiger partial charge in [0, 0.05) is 44.5 Å². The van der Waals surface area contributed by atoms with Gasteiger partial charge in [-0.15, -0.1) is 0 Å². The maximum atomic E-state index is 8.29. The highest BCUT2D eigenvalue weighted by Gasteiger charge is 2.18. The third-order valence-electron chi connectivity index (χ3n) is 7.39. The minimum atomic E-state index is -2.78. The van der Waals surface area contributed by atoms with E-state index in [-0.39, 0.29) is 39.1 Å². The number of furan rings is 1. The lowest BCUT2D eigenvalue weighted by Crippen LogP contribution is -1.94. The van der Waals surface area contributed by atoms with Gasteiger partial charge in [-0.2, -0.15) is 0 Å². The topological polar surface area (TPSA) is 26.0 Å². The quantitative estimate of drug-likeness (QED) is 0.221. The van der Waals surface area contributed by atoms with E-state index in [0.717, 1.165) is 22.9 Å². The van der Waals surface area contributed by atoms with Crippen molar-refractivity contribution < 1.29 is 20.9 Å². The van der Waals surface area contributed by atoms with Crippen molar-refractivity contribution in [3.8, 4) is 44.6 Å². The lowest BCUT2D eigenvalue weighted by Gasteiger charge is -2.14. The lowest BCUT2D eigenvalue weighted by molar-refractivity contribution is 0.671. The van der Waals surface area contributed by atoms with Gasteiger partial charge in [0.1, 0.15) is 11.2 Å². The summed E-state index contributed by atoms with van der Waals surface area (Å²) in [5.41, 5.74) is 3.36. The molecular weight excluding hydrogens is 498 g/mol. The van der Waals surface area contributed by atoms with E-state index in [1.807, 2.05) is 54.6 Å². The van der Waals surface area contributed by atoms with Crippen LogP contribution in [-0.4, -0.2) is 4.98 Å². The van der Waals surface area contributed by atoms with Crippen molar-refractivity contribution in [2.75, 3.05) is 0 Å². The average molecular weight is 542 g/mol. The molecule has 2 nitrogen and oxygen atoms in total. The van der Waals surface area contributed by atoms with Crippen LogP contribution in [0.4, 0.5) is 0 Å². The molecule has 41 heavy (non-hydrogen) atoms. The predicted octanol–water partition coefficient (Wildman–Crippen LogP) is 10.9. The van der Waals surface area contributed by atoms with Crippen LogP contribution in [0.1, 0.15) is 38.7 Å². The molecule has 0 unspecified atom stereocenters. The molecule has 0 atom stereocenters. The van der Waals surface area contributed by atoms with Crippen molar-refractivity contribution in [2.24, 2.45) is 0 Å². The molecule has 0 radical (unpaired) electrons. The maximum Gasteiger partial charge on any atom is 0.144 e. The number of pyridine rings is 1. The Labute approximate surface area is 257 Å². The first-order chi connectivity index (χ1) is 24.8. The minimum absolute atomic E-state index is 0.107. The number of rotatable bonds is 4. The fourth-order valence-corrected chi connectivity index (χ4v) is 5.47. The molecule has 0 aliphatic rings. The Balaban J connectivity index is 1.51. The van der Waals surface area contributed by atoms with Gasteiger partial charge in [0.2, 0.25) is 0 Å². The Morgan fingerprint density at radius 3 is 2.07 bits per heavy atom. The molecule has 2 heterocycles. The molecule has 198 valence electrons. The van der Waals surface area contributed by atoms with Crippen molar-refractivity contribution in [3.63, 3.8) is 0 Å². The largest absolute Gasteiger partial charge is 0.455 e. The molecule has 0 bridgehead atoms. The number of nitrogens with zero attached hydrogens (tertiary/aromatic N) is 1. The van der Waals surface area contributed by atoms with E-state index >= 15 is 0 Å². The van der Waals surface area contributed by atoms with Crippen molar-refractivity contribution in [1.29, 1.82) is 0 Å². The van der Waals surface area contributed by atoms with Crippen molar-refractivity contribution in [1.82, 2.24) is 4.98 Å². The number of hydrogen-bond donors (Lipinski definition) is 0. The third kappa shape index (κ3) is 4.33. The normalized spacial score (nSPS) is 17.0. The smallest absolute Gasteiger partial charge is 0.144 e. The molecule has 2 heteroatoms. The number of aryl methyl sites for hydroxylation is 4. The van der Waals surface area contributed by atoms with Crippen molar-refractivity contribution >= 4 is 21.9 Å². The second kappa shape index (κ2) is 9.91. The Hall–Kier alpha value is -4.95. The summed E-state index contributed by atoms with van der Waals surface area (Å²) >= 11 is 0. The zero-order valence-electron chi connectivity index (χ0n) is 33.8. The number of aromatic nitrogens is 1. The van der Waals surface area contributed by atoms with Gasteiger partial charge < -0.3 is 4.42 Å². The van der Waals surface area contributed by atoms with Gasteiger partial charge in [0.05, 0.1) is 5.69 Å². The molecule has 0 saturated heterocycles. The summed E-state index contributed by atoms with van der Waals surface area (Å²) in [6, 6.07) is 31.1. The first kappa shape index (κ1) is 15.2. The van der Waals surface area contributed by atoms with Crippen molar-refractivity contribution in [3.05, 3.63) is 138 Å². The van der Waals surface area contributed by atoms with E-state index in [1.165, 1.54) is 24.3 Å². The highest BCUT2D eigenvalue weighted by molar-refractivity contribution is 6.13. The molecule has 0 fully saturated rings. The van der Waals surface area contributed by atoms with E-state index in [9.17, 15) is 0 Å². The van der Waals surface area contributed by atoms with Crippen LogP contribution in [0.3, 0.4) is 0 Å². The first-order valence-corrected chi connectivity index (χ1v) is 13.1. The van der Waals surface area contributed by atoms with E-state index < -0.39 is 27.4 Å². The Morgan fingerprint density at radius 2 is 1.27 bits per heavy atom. The zero-order chi connectivity index (χ0) is 38.1. The highest BCUT2D eigenvalue weighted by atomic mass is 16.3. The number of fused-ring (bicyclic) bond motifs is 3. The monoisotopic (exact) mass is 541 g/mol. The summed E-state index contributed by atoms with van der Waals surface area (Å²) in [4.78, 5) is 4.50. The van der Waals surface area contributed by atoms with Crippen LogP contribution in [-0.2, 0) is 0 Å². The first-order valence-electron chi connectivity index (χ1n) is 19.1. The summed E-state index contributed by atoms with van der Waals surface area (Å²) in [6.07, 6.45) is 1.12. The summed E-state index contributed by atoms with van der Waals surface area (Å²) in [5, 5.41) is 1.10. The van der Waals surface area contributed by atoms with Crippen molar-refractivity contribution in [2.45, 2.75) is 27.4 Å². The molecule has 5 aromatic carbocycles. The van der Waals surface area contributed by atoms with E-state index in [4.69, 9.17) is 20.9 Å². The summed E-state index contributed by atoms with van der Waals surface area (Å²) in [5.74, 6) is 0. The second-order valence-electron chi connectivity index (χ2n) is 9.97. The van der Waals surface area contributed by atoms with Gasteiger partial charge >= 0.3 is 0 Å².